The fraction of sp³-hybridized carbons (Fsp3) is 0.423. The van der Waals surface area contributed by atoms with Crippen LogP contribution in [0.25, 0.3) is 11.1 Å². The van der Waals surface area contributed by atoms with Crippen LogP contribution in [-0.2, 0) is 17.1 Å². The summed E-state index contributed by atoms with van der Waals surface area (Å²) in [6, 6.07) is 16.3. The maximum atomic E-state index is 13.4. The monoisotopic (exact) mass is 496 g/mol. The Labute approximate surface area is 206 Å². The van der Waals surface area contributed by atoms with Gasteiger partial charge in [-0.2, -0.15) is 4.31 Å². The van der Waals surface area contributed by atoms with E-state index in [0.29, 0.717) is 13.1 Å². The van der Waals surface area contributed by atoms with Gasteiger partial charge in [-0.05, 0) is 48.2 Å². The van der Waals surface area contributed by atoms with Gasteiger partial charge in [0.15, 0.2) is 5.03 Å². The zero-order chi connectivity index (χ0) is 24.6. The Balaban J connectivity index is 1.41. The van der Waals surface area contributed by atoms with Crippen molar-refractivity contribution in [2.24, 2.45) is 7.05 Å². The molecular weight excluding hydrogens is 464 g/mol. The highest BCUT2D eigenvalue weighted by molar-refractivity contribution is 7.89. The summed E-state index contributed by atoms with van der Waals surface area (Å²) in [5, 5.41) is 10.3. The van der Waals surface area contributed by atoms with Gasteiger partial charge in [-0.25, -0.2) is 13.4 Å². The van der Waals surface area contributed by atoms with Gasteiger partial charge in [-0.3, -0.25) is 4.90 Å². The molecule has 0 bridgehead atoms. The predicted molar refractivity (Wildman–Crippen MR) is 134 cm³/mol. The quantitative estimate of drug-likeness (QED) is 0.565. The summed E-state index contributed by atoms with van der Waals surface area (Å²) in [4.78, 5) is 6.39. The van der Waals surface area contributed by atoms with E-state index in [-0.39, 0.29) is 29.6 Å². The lowest BCUT2D eigenvalue weighted by atomic mass is 9.74. The van der Waals surface area contributed by atoms with E-state index in [1.165, 1.54) is 6.33 Å². The molecule has 1 N–H and O–H groups in total. The third kappa shape index (κ3) is 4.49. The molecule has 2 saturated heterocycles. The Hall–Kier alpha value is -2.72. The molecule has 0 spiro atoms. The third-order valence-corrected chi connectivity index (χ3v) is 9.07. The number of ether oxygens (including phenoxy) is 1. The fourth-order valence-electron chi connectivity index (χ4n) is 5.48. The highest BCUT2D eigenvalue weighted by Gasteiger charge is 2.50. The predicted octanol–water partition coefficient (Wildman–Crippen LogP) is 2.71. The van der Waals surface area contributed by atoms with E-state index in [1.54, 1.807) is 29.2 Å². The van der Waals surface area contributed by atoms with Crippen LogP contribution in [-0.4, -0.2) is 77.7 Å². The number of sulfonamides is 1. The Morgan fingerprint density at radius 2 is 1.86 bits per heavy atom. The molecule has 0 amide bonds. The zero-order valence-corrected chi connectivity index (χ0v) is 20.9. The minimum Gasteiger partial charge on any atom is -0.497 e. The molecule has 186 valence electrons. The molecular formula is C26H32N4O4S. The van der Waals surface area contributed by atoms with Crippen LogP contribution in [0.4, 0.5) is 0 Å². The van der Waals surface area contributed by atoms with Gasteiger partial charge in [0.1, 0.15) is 5.75 Å². The number of aryl methyl sites for hydroxylation is 1. The molecule has 2 aliphatic rings. The number of benzene rings is 2. The second kappa shape index (κ2) is 9.73. The van der Waals surface area contributed by atoms with Crippen LogP contribution in [0.15, 0.2) is 66.1 Å². The third-order valence-electron chi connectivity index (χ3n) is 7.32. The normalized spacial score (nSPS) is 23.7. The summed E-state index contributed by atoms with van der Waals surface area (Å²) in [6.45, 7) is 1.78. The Kier molecular flexibility index (Phi) is 6.67. The zero-order valence-electron chi connectivity index (χ0n) is 20.1. The molecule has 1 aromatic heterocycles. The van der Waals surface area contributed by atoms with Crippen LogP contribution in [0.1, 0.15) is 24.3 Å². The molecule has 35 heavy (non-hydrogen) atoms. The molecule has 5 rings (SSSR count). The van der Waals surface area contributed by atoms with Crippen LogP contribution in [0.2, 0.25) is 0 Å². The average molecular weight is 497 g/mol. The van der Waals surface area contributed by atoms with E-state index in [0.717, 1.165) is 41.8 Å². The smallest absolute Gasteiger partial charge is 0.262 e. The first-order chi connectivity index (χ1) is 16.9. The lowest BCUT2D eigenvalue weighted by Gasteiger charge is -2.57. The SMILES string of the molecule is COc1cccc(-c2ccc([C@H]3[C@H]4CN(S(=O)(=O)c5cn(C)cn5)CCCCN4[C@H]3CO)cc2)c1. The van der Waals surface area contributed by atoms with Gasteiger partial charge in [0.05, 0.1) is 20.0 Å². The summed E-state index contributed by atoms with van der Waals surface area (Å²) < 4.78 is 35.3. The van der Waals surface area contributed by atoms with Crippen molar-refractivity contribution < 1.29 is 18.3 Å². The Bertz CT molecular complexity index is 1270. The van der Waals surface area contributed by atoms with E-state index in [4.69, 9.17) is 4.74 Å². The molecule has 8 nitrogen and oxygen atoms in total. The second-order valence-electron chi connectivity index (χ2n) is 9.38. The summed E-state index contributed by atoms with van der Waals surface area (Å²) in [5.41, 5.74) is 3.28. The van der Waals surface area contributed by atoms with Gasteiger partial charge in [0.2, 0.25) is 0 Å². The lowest BCUT2D eigenvalue weighted by molar-refractivity contribution is -0.0554. The number of rotatable bonds is 6. The van der Waals surface area contributed by atoms with Gasteiger partial charge in [-0.15, -0.1) is 0 Å². The van der Waals surface area contributed by atoms with E-state index in [9.17, 15) is 13.5 Å². The topological polar surface area (TPSA) is 87.9 Å². The minimum atomic E-state index is -3.68. The second-order valence-corrected chi connectivity index (χ2v) is 11.3. The molecule has 3 atom stereocenters. The van der Waals surface area contributed by atoms with Gasteiger partial charge >= 0.3 is 0 Å². The van der Waals surface area contributed by atoms with Crippen molar-refractivity contribution in [3.05, 3.63) is 66.6 Å². The summed E-state index contributed by atoms with van der Waals surface area (Å²) in [6.07, 6.45) is 4.75. The molecule has 0 aliphatic carbocycles. The number of hydrogen-bond acceptors (Lipinski definition) is 6. The van der Waals surface area contributed by atoms with Gasteiger partial charge in [-0.1, -0.05) is 36.4 Å². The number of hydrogen-bond donors (Lipinski definition) is 1. The molecule has 3 aromatic rings. The lowest BCUT2D eigenvalue weighted by Crippen LogP contribution is -2.67. The molecule has 0 unspecified atom stereocenters. The van der Waals surface area contributed by atoms with Crippen molar-refractivity contribution >= 4 is 10.0 Å². The number of imidazole rings is 1. The minimum absolute atomic E-state index is 0.00797. The average Bonchev–Trinajstić information content (AvgIpc) is 3.30. The molecule has 2 aromatic carbocycles. The Morgan fingerprint density at radius 3 is 2.54 bits per heavy atom. The summed E-state index contributed by atoms with van der Waals surface area (Å²) >= 11 is 0. The molecule has 3 heterocycles. The van der Waals surface area contributed by atoms with Crippen molar-refractivity contribution in [1.82, 2.24) is 18.8 Å². The van der Waals surface area contributed by atoms with E-state index in [1.807, 2.05) is 24.3 Å². The number of aliphatic hydroxyl groups is 1. The fourth-order valence-corrected chi connectivity index (χ4v) is 6.94. The van der Waals surface area contributed by atoms with E-state index >= 15 is 0 Å². The van der Waals surface area contributed by atoms with Crippen LogP contribution < -0.4 is 4.74 Å². The van der Waals surface area contributed by atoms with Gasteiger partial charge in [0, 0.05) is 44.3 Å². The number of aliphatic hydroxyl groups excluding tert-OH is 1. The Morgan fingerprint density at radius 1 is 1.09 bits per heavy atom. The van der Waals surface area contributed by atoms with Gasteiger partial charge in [0.25, 0.3) is 10.0 Å². The molecule has 9 heteroatoms. The first-order valence-corrected chi connectivity index (χ1v) is 13.5. The molecule has 2 fully saturated rings. The maximum Gasteiger partial charge on any atom is 0.262 e. The number of nitrogens with zero attached hydrogens (tertiary/aromatic N) is 4. The highest BCUT2D eigenvalue weighted by atomic mass is 32.2. The van der Waals surface area contributed by atoms with Crippen LogP contribution >= 0.6 is 0 Å². The maximum absolute atomic E-state index is 13.4. The summed E-state index contributed by atoms with van der Waals surface area (Å²) in [5.74, 6) is 0.865. The van der Waals surface area contributed by atoms with Crippen molar-refractivity contribution in [3.8, 4) is 16.9 Å². The van der Waals surface area contributed by atoms with Crippen molar-refractivity contribution in [3.63, 3.8) is 0 Å². The van der Waals surface area contributed by atoms with E-state index in [2.05, 4.69) is 34.1 Å². The highest BCUT2D eigenvalue weighted by Crippen LogP contribution is 2.43. The number of methoxy groups -OCH3 is 1. The first-order valence-electron chi connectivity index (χ1n) is 12.0. The van der Waals surface area contributed by atoms with Crippen molar-refractivity contribution in [2.45, 2.75) is 35.9 Å². The molecule has 0 saturated carbocycles. The molecule has 0 radical (unpaired) electrons. The van der Waals surface area contributed by atoms with Crippen LogP contribution in [0.3, 0.4) is 0 Å². The largest absolute Gasteiger partial charge is 0.497 e. The number of fused-ring (bicyclic) bond motifs is 1. The number of aromatic nitrogens is 2. The van der Waals surface area contributed by atoms with Crippen molar-refractivity contribution in [1.29, 1.82) is 0 Å². The van der Waals surface area contributed by atoms with Crippen LogP contribution in [0, 0.1) is 0 Å². The standard InChI is InChI=1S/C26H32N4O4S/c1-28-16-25(27-18-28)35(32,33)29-12-3-4-13-30-23(15-29)26(24(30)17-31)20-10-8-19(9-11-20)21-6-5-7-22(14-21)34-2/h5-11,14,16,18,23-24,26,31H,3-4,12-13,15,17H2,1-2H3/t23-,24+,26+/m1/s1. The van der Waals surface area contributed by atoms with Gasteiger partial charge < -0.3 is 14.4 Å². The van der Waals surface area contributed by atoms with E-state index < -0.39 is 10.0 Å². The molecule has 2 aliphatic heterocycles. The van der Waals surface area contributed by atoms with Crippen molar-refractivity contribution in [2.75, 3.05) is 33.4 Å². The first kappa shape index (κ1) is 24.0. The summed E-state index contributed by atoms with van der Waals surface area (Å²) in [7, 11) is -0.255. The van der Waals surface area contributed by atoms with Crippen LogP contribution in [0.5, 0.6) is 5.75 Å².